The van der Waals surface area contributed by atoms with E-state index in [1.165, 1.54) is 120 Å². The summed E-state index contributed by atoms with van der Waals surface area (Å²) in [5.41, 5.74) is 30.3. The van der Waals surface area contributed by atoms with Gasteiger partial charge in [0.2, 0.25) is 0 Å². The molecule has 132 heavy (non-hydrogen) atoms. The summed E-state index contributed by atoms with van der Waals surface area (Å²) in [5.74, 6) is 0. The van der Waals surface area contributed by atoms with Crippen LogP contribution in [0.1, 0.15) is 0 Å². The van der Waals surface area contributed by atoms with Gasteiger partial charge in [0.05, 0.1) is 5.69 Å². The second-order valence-electron chi connectivity index (χ2n) is 33.8. The van der Waals surface area contributed by atoms with E-state index in [1.807, 2.05) is 0 Å². The molecule has 0 radical (unpaired) electrons. The van der Waals surface area contributed by atoms with Gasteiger partial charge in [-0.25, -0.2) is 0 Å². The summed E-state index contributed by atoms with van der Waals surface area (Å²) in [7, 11) is -5.58. The van der Waals surface area contributed by atoms with Gasteiger partial charge < -0.3 is 19.6 Å². The smallest absolute Gasteiger partial charge is 0.184 e. The maximum atomic E-state index is 2.49. The number of nitrogens with zero attached hydrogens (tertiary/aromatic N) is 4. The maximum absolute atomic E-state index is 2.80. The number of hydrogen-bond donors (Lipinski definition) is 0. The van der Waals surface area contributed by atoms with Gasteiger partial charge in [0.25, 0.3) is 0 Å². The van der Waals surface area contributed by atoms with Crippen molar-refractivity contribution in [1.82, 2.24) is 0 Å². The van der Waals surface area contributed by atoms with Gasteiger partial charge in [-0.3, -0.25) is 0 Å². The van der Waals surface area contributed by atoms with Gasteiger partial charge in [-0.15, -0.1) is 0 Å². The predicted molar refractivity (Wildman–Crippen MR) is 564 cm³/mol. The van der Waals surface area contributed by atoms with Crippen molar-refractivity contribution < 1.29 is 0 Å². The lowest BCUT2D eigenvalue weighted by atomic mass is 9.98. The van der Waals surface area contributed by atoms with Crippen LogP contribution < -0.4 is 61.1 Å². The molecule has 0 amide bonds. The third kappa shape index (κ3) is 15.2. The molecule has 23 rings (SSSR count). The third-order valence-electron chi connectivity index (χ3n) is 26.3. The Morgan fingerprint density at radius 3 is 0.750 bits per heavy atom. The summed E-state index contributed by atoms with van der Waals surface area (Å²) in [4.78, 5) is 9.75. The highest BCUT2D eigenvalue weighted by Crippen LogP contribution is 2.47. The van der Waals surface area contributed by atoms with E-state index in [2.05, 4.69) is 578 Å². The highest BCUT2D eigenvalue weighted by molar-refractivity contribution is 7.22. The van der Waals surface area contributed by atoms with Crippen molar-refractivity contribution >= 4 is 126 Å². The van der Waals surface area contributed by atoms with Crippen LogP contribution in [-0.4, -0.2) is 16.1 Å². The zero-order valence-electron chi connectivity index (χ0n) is 72.9. The molecule has 624 valence electrons. The fraction of sp³-hybridized carbons (Fsp3) is 0. The quantitative estimate of drug-likeness (QED) is 0.0748. The summed E-state index contributed by atoms with van der Waals surface area (Å²) in [6.45, 7) is 0. The molecule has 6 heteroatoms. The fourth-order valence-electron chi connectivity index (χ4n) is 20.2. The predicted octanol–water partition coefficient (Wildman–Crippen LogP) is 28.3. The van der Waals surface area contributed by atoms with Gasteiger partial charge in [0, 0.05) is 68.1 Å². The van der Waals surface area contributed by atoms with Crippen LogP contribution in [0.3, 0.4) is 0 Å². The van der Waals surface area contributed by atoms with Crippen LogP contribution in [0, 0.1) is 0 Å². The summed E-state index contributed by atoms with van der Waals surface area (Å²) >= 11 is 0. The SMILES string of the molecule is c1ccc(-c2ccc(-c3ccccc3N(c3ccc(-c4ccccc4)cc3)c3ccc(-c4ccc5c(c4)N(c4ccccc4)c4ccccc4[Si]5(c4ccccc4)c4ccccc4)cc3)cc2)cc1.c1ccc(-c2ccc(N(c3ccc(-c4ccc5c(c4)N(c4ccccc4)c4ccccc4[Si]5(c4ccccc4)c4ccccc4)cc3)c3cccc(-c4ccccc4)c3)cc2)cc1. The number of hydrogen-bond acceptors (Lipinski definition) is 4. The van der Waals surface area contributed by atoms with Crippen molar-refractivity contribution in [2.45, 2.75) is 0 Å². The van der Waals surface area contributed by atoms with Crippen molar-refractivity contribution in [3.8, 4) is 77.9 Å². The van der Waals surface area contributed by atoms with E-state index in [9.17, 15) is 0 Å². The number of benzene rings is 21. The Morgan fingerprint density at radius 2 is 0.386 bits per heavy atom. The molecule has 21 aromatic carbocycles. The minimum atomic E-state index is -2.80. The normalized spacial score (nSPS) is 12.5. The van der Waals surface area contributed by atoms with Gasteiger partial charge >= 0.3 is 0 Å². The molecule has 4 nitrogen and oxygen atoms in total. The van der Waals surface area contributed by atoms with Crippen molar-refractivity contribution in [1.29, 1.82) is 0 Å². The van der Waals surface area contributed by atoms with Gasteiger partial charge in [0.15, 0.2) is 16.1 Å². The molecule has 0 aromatic heterocycles. The zero-order valence-corrected chi connectivity index (χ0v) is 74.9. The molecular formula is C126H92N4Si2. The monoisotopic (exact) mass is 1720 g/mol. The Morgan fingerprint density at radius 1 is 0.144 bits per heavy atom. The minimum Gasteiger partial charge on any atom is -0.311 e. The maximum Gasteiger partial charge on any atom is 0.184 e. The van der Waals surface area contributed by atoms with E-state index in [0.717, 1.165) is 67.8 Å². The Labute approximate surface area is 775 Å². The third-order valence-corrected chi connectivity index (χ3v) is 36.0. The van der Waals surface area contributed by atoms with Crippen molar-refractivity contribution in [2.75, 3.05) is 19.6 Å². The van der Waals surface area contributed by atoms with E-state index in [0.29, 0.717) is 0 Å². The first-order chi connectivity index (χ1) is 65.5. The lowest BCUT2D eigenvalue weighted by Crippen LogP contribution is -2.77. The Kier molecular flexibility index (Phi) is 22.2. The second kappa shape index (κ2) is 36.2. The van der Waals surface area contributed by atoms with Crippen LogP contribution in [0.4, 0.5) is 68.2 Å². The summed E-state index contributed by atoms with van der Waals surface area (Å²) in [5, 5.41) is 11.0. The lowest BCUT2D eigenvalue weighted by molar-refractivity contribution is 1.28. The van der Waals surface area contributed by atoms with E-state index >= 15 is 0 Å². The van der Waals surface area contributed by atoms with E-state index in [4.69, 9.17) is 0 Å². The Hall–Kier alpha value is -16.7. The van der Waals surface area contributed by atoms with Gasteiger partial charge in [-0.2, -0.15) is 0 Å². The summed E-state index contributed by atoms with van der Waals surface area (Å²) < 4.78 is 0. The minimum absolute atomic E-state index is 1.08. The van der Waals surface area contributed by atoms with Crippen LogP contribution >= 0.6 is 0 Å². The molecule has 0 unspecified atom stereocenters. The highest BCUT2D eigenvalue weighted by atomic mass is 28.3. The molecule has 2 heterocycles. The Bertz CT molecular complexity index is 7480. The van der Waals surface area contributed by atoms with Crippen molar-refractivity contribution in [3.05, 3.63) is 558 Å². The summed E-state index contributed by atoms with van der Waals surface area (Å²) in [6, 6.07) is 205. The number of para-hydroxylation sites is 5. The molecule has 0 saturated heterocycles. The largest absolute Gasteiger partial charge is 0.311 e. The molecule has 0 fully saturated rings. The number of rotatable bonds is 19. The summed E-state index contributed by atoms with van der Waals surface area (Å²) in [6.07, 6.45) is 0. The number of fused-ring (bicyclic) bond motifs is 4. The number of anilines is 12. The van der Waals surface area contributed by atoms with Gasteiger partial charge in [-0.05, 0) is 229 Å². The molecule has 0 atom stereocenters. The molecule has 21 aromatic rings. The van der Waals surface area contributed by atoms with Crippen molar-refractivity contribution in [3.63, 3.8) is 0 Å². The fourth-order valence-corrected chi connectivity index (χ4v) is 30.3. The Balaban J connectivity index is 0.000000155. The molecule has 0 spiro atoms. The highest BCUT2D eigenvalue weighted by Gasteiger charge is 2.51. The second-order valence-corrected chi connectivity index (χ2v) is 41.2. The molecule has 0 N–H and O–H groups in total. The van der Waals surface area contributed by atoms with Gasteiger partial charge in [-0.1, -0.05) is 443 Å². The first-order valence-corrected chi connectivity index (χ1v) is 49.4. The molecule has 2 aliphatic heterocycles. The van der Waals surface area contributed by atoms with Crippen LogP contribution in [-0.2, 0) is 0 Å². The van der Waals surface area contributed by atoms with E-state index in [1.54, 1.807) is 0 Å². The molecular weight excluding hydrogens is 1630 g/mol. The molecule has 0 bridgehead atoms. The molecule has 0 aliphatic carbocycles. The average molecular weight is 1720 g/mol. The molecule has 0 saturated carbocycles. The standard InChI is InChI=1S/C66H48N2Si.C60H44N2Si/c1-6-20-49(21-7-1)51-34-36-54(37-35-51)61-30-16-17-31-62(61)67(57-43-38-52(39-44-57)50-22-8-2-9-23-50)58-45-40-53(41-46-58)55-42-47-66-64(48-55)68(56-24-10-3-11-25-56)63-32-18-19-33-65(63)69(66,59-26-12-4-13-27-59)60-28-14-5-15-29-60;1-6-19-45(20-7-1)47-33-38-52(39-34-47)61(54-26-18-23-49(43-54)46-21-8-2-9-22-46)53-40-35-48(36-41-53)50-37-42-60-58(44-50)62(51-24-10-3-11-25-51)57-31-16-17-32-59(57)63(60,55-27-12-4-13-28-55)56-29-14-5-15-30-56/h1-48H;1-44H. The van der Waals surface area contributed by atoms with Crippen LogP contribution in [0.2, 0.25) is 0 Å². The topological polar surface area (TPSA) is 13.0 Å². The average Bonchev–Trinajstić information content (AvgIpc) is 0.694. The van der Waals surface area contributed by atoms with Crippen LogP contribution in [0.25, 0.3) is 77.9 Å². The van der Waals surface area contributed by atoms with Crippen LogP contribution in [0.5, 0.6) is 0 Å². The lowest BCUT2D eigenvalue weighted by Gasteiger charge is -2.45. The van der Waals surface area contributed by atoms with Crippen molar-refractivity contribution in [2.24, 2.45) is 0 Å². The molecule has 2 aliphatic rings. The first kappa shape index (κ1) is 81.0. The van der Waals surface area contributed by atoms with E-state index < -0.39 is 16.1 Å². The van der Waals surface area contributed by atoms with Gasteiger partial charge in [0.1, 0.15) is 0 Å². The first-order valence-electron chi connectivity index (χ1n) is 45.4. The zero-order chi connectivity index (χ0) is 88.0. The van der Waals surface area contributed by atoms with E-state index in [-0.39, 0.29) is 0 Å². The van der Waals surface area contributed by atoms with Crippen LogP contribution in [0.15, 0.2) is 558 Å².